The number of esters is 2. The van der Waals surface area contributed by atoms with Gasteiger partial charge in [0.25, 0.3) is 0 Å². The van der Waals surface area contributed by atoms with Crippen LogP contribution in [0.25, 0.3) is 0 Å². The van der Waals surface area contributed by atoms with E-state index >= 15 is 0 Å². The number of methoxy groups -OCH3 is 2. The van der Waals surface area contributed by atoms with Gasteiger partial charge in [-0.1, -0.05) is 55.4 Å². The third kappa shape index (κ3) is 22.8. The van der Waals surface area contributed by atoms with Crippen LogP contribution in [0.1, 0.15) is 218 Å². The minimum absolute atomic E-state index is 0.0380. The number of cyclic esters (lactones) is 2. The van der Waals surface area contributed by atoms with E-state index in [2.05, 4.69) is 9.80 Å². The minimum atomic E-state index is -1.94. The molecule has 6 saturated heterocycles. The van der Waals surface area contributed by atoms with Gasteiger partial charge in [0.05, 0.1) is 114 Å². The Bertz CT molecular complexity index is 2760. The summed E-state index contributed by atoms with van der Waals surface area (Å²) in [5, 5.41) is 129. The summed E-state index contributed by atoms with van der Waals surface area (Å²) in [5.41, 5.74) is -3.49. The summed E-state index contributed by atoms with van der Waals surface area (Å²) in [5.74, 6) is -7.82. The highest BCUT2D eigenvalue weighted by atomic mass is 16.7. The highest BCUT2D eigenvalue weighted by Crippen LogP contribution is 2.46. The SMILES string of the molecule is CC[C@H]1OC(=O)[C@H](C)[C@@H](O[C@H]2C[C@@](C)(OC)[C@@H](O)[C@H](C)O2)[C@H](C)[C@@H](O[C@@H]2O[C@H](C)C[C@H](N(C)C(C)C)[C@H]2O)[C@](C)(O)C[C@@H](C)[C@H](O)[C@H](C)[C@@H](O)[C@]1(C)O.CC[C@H]1OC(=O)[C@H](C)[C@@H](O[C@H]2C[C@@](C)(OC)[C@@H](O)[C@H](C)O2)[C@H](C)[C@@H](O[C@@H]2O[C@H](C)C[C@H](N(C)C(C)C)[C@H]2O)[C@](C)(O)C[C@@H](C)[C@H](OCCN)[C@H](C)[C@@H](O)[C@]1(C)O. The maximum absolute atomic E-state index is 14.3. The lowest BCUT2D eigenvalue weighted by Crippen LogP contribution is -2.62. The van der Waals surface area contributed by atoms with Crippen molar-refractivity contribution < 1.29 is 127 Å². The molecule has 642 valence electrons. The first kappa shape index (κ1) is 97.5. The number of nitrogens with zero attached hydrogens (tertiary/aromatic N) is 2. The highest BCUT2D eigenvalue weighted by Gasteiger charge is 2.58. The standard InChI is InChI=1S/C41H78N2O13.C39H73NO13/c1-15-29-41(12,49)34(45)24(6)32(51-17-16-42)22(4)19-39(10,48)36(56-38-31(44)28(18-23(5)52-38)43(13)21(2)3)25(7)33(26(8)37(47)54-29)55-30-20-40(11,50-14)35(46)27(9)53-30;1-15-27-39(12,47)32(43)22(6)29(41)20(4)17-37(10,46)34(53-36-30(42)26(16-21(5)49-36)40(13)19(2)3)23(7)31(24(8)35(45)51-27)52-28-18-38(11,48-14)33(44)25(9)50-28/h21-36,38,44-46,48-49H,15-20,42H2,1-14H3;19-34,36,41-44,46-47H,15-18H2,1-14H3/t22-,23-,24+,25+,26-,27+,28+,29-,30+,31-,32+,33+,34-,35+,36-,38+,39-,40-,41-;20-,21-,22+,23+,24-,25+,26+,27-,28+,29+,30-,31+,32-,33+,34-,36+,37-,38-,39-/m11/s1. The molecule has 0 spiro atoms. The first-order chi connectivity index (χ1) is 50.2. The smallest absolute Gasteiger partial charge is 0.311 e. The van der Waals surface area contributed by atoms with Crippen molar-refractivity contribution in [2.75, 3.05) is 41.5 Å². The molecule has 6 fully saturated rings. The van der Waals surface area contributed by atoms with Crippen LogP contribution in [0, 0.1) is 47.3 Å². The molecule has 0 aromatic rings. The number of ether oxygens (including phenoxy) is 13. The van der Waals surface area contributed by atoms with E-state index in [1.165, 1.54) is 28.1 Å². The zero-order valence-electron chi connectivity index (χ0n) is 71.2. The molecule has 38 atom stereocenters. The molecular weight excluding hydrogens is 1420 g/mol. The molecule has 0 aliphatic carbocycles. The Morgan fingerprint density at radius 2 is 0.826 bits per heavy atom. The van der Waals surface area contributed by atoms with Crippen molar-refractivity contribution in [2.24, 2.45) is 53.1 Å². The van der Waals surface area contributed by atoms with E-state index < -0.39 is 216 Å². The van der Waals surface area contributed by atoms with E-state index in [1.54, 1.807) is 104 Å². The first-order valence-electron chi connectivity index (χ1n) is 40.4. The minimum Gasteiger partial charge on any atom is -0.459 e. The van der Waals surface area contributed by atoms with Crippen molar-refractivity contribution in [1.29, 1.82) is 0 Å². The molecule has 109 heavy (non-hydrogen) atoms. The second-order valence-corrected chi connectivity index (χ2v) is 35.6. The second kappa shape index (κ2) is 39.9. The molecule has 0 aromatic heterocycles. The van der Waals surface area contributed by atoms with Crippen molar-refractivity contribution in [1.82, 2.24) is 9.80 Å². The number of rotatable bonds is 19. The fourth-order valence-electron chi connectivity index (χ4n) is 18.2. The van der Waals surface area contributed by atoms with Crippen LogP contribution < -0.4 is 5.73 Å². The van der Waals surface area contributed by atoms with Crippen LogP contribution >= 0.6 is 0 Å². The molecule has 29 heteroatoms. The van der Waals surface area contributed by atoms with E-state index in [1.807, 2.05) is 62.6 Å². The zero-order valence-corrected chi connectivity index (χ0v) is 71.2. The summed E-state index contributed by atoms with van der Waals surface area (Å²) in [4.78, 5) is 32.6. The van der Waals surface area contributed by atoms with Crippen LogP contribution in [0.4, 0.5) is 0 Å². The average Bonchev–Trinajstić information content (AvgIpc) is 0.775. The van der Waals surface area contributed by atoms with Crippen LogP contribution in [0.3, 0.4) is 0 Å². The number of aliphatic hydroxyl groups excluding tert-OH is 7. The number of likely N-dealkylation sites (N-methyl/N-ethyl adjacent to an activating group) is 2. The predicted octanol–water partition coefficient (Wildman–Crippen LogP) is 4.70. The van der Waals surface area contributed by atoms with Crippen LogP contribution in [0.5, 0.6) is 0 Å². The lowest BCUT2D eigenvalue weighted by molar-refractivity contribution is -0.319. The van der Waals surface area contributed by atoms with E-state index in [-0.39, 0.29) is 88.1 Å². The summed E-state index contributed by atoms with van der Waals surface area (Å²) in [7, 11) is 6.87. The van der Waals surface area contributed by atoms with E-state index in [0.29, 0.717) is 12.8 Å². The van der Waals surface area contributed by atoms with E-state index in [9.17, 15) is 65.8 Å². The van der Waals surface area contributed by atoms with Crippen molar-refractivity contribution in [3.8, 4) is 0 Å². The topological polar surface area (TPSA) is 409 Å². The van der Waals surface area contributed by atoms with Crippen LogP contribution in [0.15, 0.2) is 0 Å². The molecule has 0 saturated carbocycles. The summed E-state index contributed by atoms with van der Waals surface area (Å²) >= 11 is 0. The molecule has 6 aliphatic heterocycles. The summed E-state index contributed by atoms with van der Waals surface area (Å²) in [6, 6.07) is -0.399. The van der Waals surface area contributed by atoms with E-state index in [4.69, 9.17) is 67.3 Å². The van der Waals surface area contributed by atoms with Crippen molar-refractivity contribution >= 4 is 11.9 Å². The third-order valence-electron chi connectivity index (χ3n) is 25.8. The van der Waals surface area contributed by atoms with Gasteiger partial charge >= 0.3 is 11.9 Å². The lowest BCUT2D eigenvalue weighted by Gasteiger charge is -2.50. The van der Waals surface area contributed by atoms with Gasteiger partial charge in [-0.3, -0.25) is 19.4 Å². The summed E-state index contributed by atoms with van der Waals surface area (Å²) in [6.07, 6.45) is -20.2. The predicted molar refractivity (Wildman–Crippen MR) is 406 cm³/mol. The summed E-state index contributed by atoms with van der Waals surface area (Å²) < 4.78 is 81.5. The van der Waals surface area contributed by atoms with Gasteiger partial charge < -0.3 is 123 Å². The van der Waals surface area contributed by atoms with Crippen molar-refractivity contribution in [3.05, 3.63) is 0 Å². The Kier molecular flexibility index (Phi) is 35.7. The number of aliphatic hydroxyl groups is 11. The van der Waals surface area contributed by atoms with Gasteiger partial charge in [0.1, 0.15) is 47.8 Å². The molecule has 0 aromatic carbocycles. The van der Waals surface area contributed by atoms with Crippen LogP contribution in [-0.4, -0.2) is 312 Å². The zero-order chi connectivity index (χ0) is 83.2. The van der Waals surface area contributed by atoms with Gasteiger partial charge in [0, 0.05) is 81.4 Å². The Morgan fingerprint density at radius 3 is 1.16 bits per heavy atom. The number of carbonyl (C=O) groups is 2. The normalized spacial score (nSPS) is 48.8. The Balaban J connectivity index is 0.000000391. The summed E-state index contributed by atoms with van der Waals surface area (Å²) in [6.45, 7) is 42.6. The Morgan fingerprint density at radius 1 is 0.477 bits per heavy atom. The number of hydrogen-bond donors (Lipinski definition) is 12. The number of nitrogens with two attached hydrogens (primary N) is 1. The third-order valence-corrected chi connectivity index (χ3v) is 25.8. The molecule has 6 heterocycles. The highest BCUT2D eigenvalue weighted by molar-refractivity contribution is 5.73. The van der Waals surface area contributed by atoms with Gasteiger partial charge in [-0.05, 0) is 175 Å². The molecular formula is C80H151N3O26. The molecule has 0 bridgehead atoms. The fourth-order valence-corrected chi connectivity index (χ4v) is 18.2. The largest absolute Gasteiger partial charge is 0.459 e. The first-order valence-corrected chi connectivity index (χ1v) is 40.4. The molecule has 13 N–H and O–H groups in total. The maximum atomic E-state index is 14.3. The van der Waals surface area contributed by atoms with Crippen molar-refractivity contribution in [3.63, 3.8) is 0 Å². The molecule has 0 unspecified atom stereocenters. The monoisotopic (exact) mass is 1570 g/mol. The van der Waals surface area contributed by atoms with Crippen LogP contribution in [0.2, 0.25) is 0 Å². The molecule has 6 aliphatic rings. The van der Waals surface area contributed by atoms with Gasteiger partial charge in [0.2, 0.25) is 0 Å². The Labute approximate surface area is 651 Å². The van der Waals surface area contributed by atoms with Gasteiger partial charge in [-0.2, -0.15) is 0 Å². The molecule has 6 rings (SSSR count). The number of hydrogen-bond acceptors (Lipinski definition) is 29. The lowest BCUT2D eigenvalue weighted by atomic mass is 9.73. The van der Waals surface area contributed by atoms with Crippen LogP contribution in [-0.2, 0) is 71.2 Å². The Hall–Kier alpha value is -2.06. The van der Waals surface area contributed by atoms with Gasteiger partial charge in [-0.15, -0.1) is 0 Å². The van der Waals surface area contributed by atoms with Crippen molar-refractivity contribution in [2.45, 2.75) is 410 Å². The van der Waals surface area contributed by atoms with Gasteiger partial charge in [-0.25, -0.2) is 0 Å². The molecule has 0 radical (unpaired) electrons. The second-order valence-electron chi connectivity index (χ2n) is 35.6. The fraction of sp³-hybridized carbons (Fsp3) is 0.975. The number of carbonyl (C=O) groups excluding carboxylic acids is 2. The van der Waals surface area contributed by atoms with E-state index in [0.717, 1.165) is 0 Å². The van der Waals surface area contributed by atoms with Gasteiger partial charge in [0.15, 0.2) is 25.2 Å². The maximum Gasteiger partial charge on any atom is 0.311 e. The quantitative estimate of drug-likeness (QED) is 0.0780. The average molecular weight is 1570 g/mol. The molecule has 29 nitrogen and oxygen atoms in total. The molecule has 0 amide bonds.